The second-order valence-electron chi connectivity index (χ2n) is 4.78. The van der Waals surface area contributed by atoms with Crippen LogP contribution in [-0.2, 0) is 0 Å². The molecule has 1 heterocycles. The lowest BCUT2D eigenvalue weighted by Gasteiger charge is -2.07. The number of nitrogens with one attached hydrogen (secondary N) is 1. The molecule has 100 valence electrons. The molecule has 3 rings (SSSR count). The summed E-state index contributed by atoms with van der Waals surface area (Å²) in [5, 5.41) is 7.28. The number of rotatable bonds is 4. The van der Waals surface area contributed by atoms with Crippen LogP contribution in [0.4, 0.5) is 6.01 Å². The third-order valence-corrected chi connectivity index (χ3v) is 3.46. The minimum absolute atomic E-state index is 0.476. The maximum absolute atomic E-state index is 5.23. The number of methoxy groups -OCH3 is 1. The minimum Gasteiger partial charge on any atom is -0.497 e. The topological polar surface area (TPSA) is 60.2 Å². The molecule has 1 aliphatic carbocycles. The van der Waals surface area contributed by atoms with Crippen molar-refractivity contribution in [3.05, 3.63) is 24.3 Å². The van der Waals surface area contributed by atoms with Crippen LogP contribution in [-0.4, -0.2) is 23.3 Å². The van der Waals surface area contributed by atoms with Crippen LogP contribution < -0.4 is 10.1 Å². The molecule has 0 unspecified atom stereocenters. The Morgan fingerprint density at radius 3 is 2.63 bits per heavy atom. The first-order valence-electron chi connectivity index (χ1n) is 6.60. The SMILES string of the molecule is COc1ccc(-c2noc(NC3CCCC3)n2)cc1. The van der Waals surface area contributed by atoms with Crippen molar-refractivity contribution in [3.8, 4) is 17.1 Å². The molecule has 0 radical (unpaired) electrons. The zero-order chi connectivity index (χ0) is 13.1. The molecule has 0 atom stereocenters. The van der Waals surface area contributed by atoms with Crippen molar-refractivity contribution in [2.24, 2.45) is 0 Å². The van der Waals surface area contributed by atoms with Crippen LogP contribution in [0.1, 0.15) is 25.7 Å². The zero-order valence-corrected chi connectivity index (χ0v) is 10.9. The van der Waals surface area contributed by atoms with Crippen LogP contribution in [0.25, 0.3) is 11.4 Å². The van der Waals surface area contributed by atoms with Gasteiger partial charge in [-0.1, -0.05) is 18.0 Å². The lowest BCUT2D eigenvalue weighted by Crippen LogP contribution is -2.14. The van der Waals surface area contributed by atoms with Crippen molar-refractivity contribution in [2.45, 2.75) is 31.7 Å². The molecule has 1 aromatic heterocycles. The standard InChI is InChI=1S/C14H17N3O2/c1-18-12-8-6-10(7-9-12)13-16-14(19-17-13)15-11-4-2-3-5-11/h6-9,11H,2-5H2,1H3,(H,15,16,17). The van der Waals surface area contributed by atoms with Crippen LogP contribution in [0.15, 0.2) is 28.8 Å². The van der Waals surface area contributed by atoms with E-state index in [0.29, 0.717) is 17.9 Å². The van der Waals surface area contributed by atoms with Crippen molar-refractivity contribution < 1.29 is 9.26 Å². The van der Waals surface area contributed by atoms with Gasteiger partial charge in [0.25, 0.3) is 0 Å². The smallest absolute Gasteiger partial charge is 0.322 e. The summed E-state index contributed by atoms with van der Waals surface area (Å²) >= 11 is 0. The van der Waals surface area contributed by atoms with E-state index in [-0.39, 0.29) is 0 Å². The predicted molar refractivity (Wildman–Crippen MR) is 72.2 cm³/mol. The molecule has 19 heavy (non-hydrogen) atoms. The highest BCUT2D eigenvalue weighted by Crippen LogP contribution is 2.24. The minimum atomic E-state index is 0.476. The Morgan fingerprint density at radius 2 is 1.95 bits per heavy atom. The van der Waals surface area contributed by atoms with Gasteiger partial charge in [0.2, 0.25) is 5.82 Å². The number of benzene rings is 1. The predicted octanol–water partition coefficient (Wildman–Crippen LogP) is 3.10. The largest absolute Gasteiger partial charge is 0.497 e. The average Bonchev–Trinajstić information content (AvgIpc) is 3.11. The Hall–Kier alpha value is -2.04. The number of nitrogens with zero attached hydrogens (tertiary/aromatic N) is 2. The fraction of sp³-hybridized carbons (Fsp3) is 0.429. The van der Waals surface area contributed by atoms with Crippen molar-refractivity contribution in [1.29, 1.82) is 0 Å². The van der Waals surface area contributed by atoms with Gasteiger partial charge in [0.05, 0.1) is 7.11 Å². The number of ether oxygens (including phenoxy) is 1. The Kier molecular flexibility index (Phi) is 3.35. The second kappa shape index (κ2) is 5.30. The van der Waals surface area contributed by atoms with Crippen LogP contribution >= 0.6 is 0 Å². The second-order valence-corrected chi connectivity index (χ2v) is 4.78. The Labute approximate surface area is 112 Å². The Morgan fingerprint density at radius 1 is 1.21 bits per heavy atom. The lowest BCUT2D eigenvalue weighted by molar-refractivity contribution is 0.414. The number of aromatic nitrogens is 2. The Bertz CT molecular complexity index is 530. The third-order valence-electron chi connectivity index (χ3n) is 3.46. The van der Waals surface area contributed by atoms with Gasteiger partial charge in [-0.3, -0.25) is 0 Å². The van der Waals surface area contributed by atoms with Crippen LogP contribution in [0.2, 0.25) is 0 Å². The van der Waals surface area contributed by atoms with Gasteiger partial charge >= 0.3 is 6.01 Å². The van der Waals surface area contributed by atoms with E-state index in [1.54, 1.807) is 7.11 Å². The summed E-state index contributed by atoms with van der Waals surface area (Å²) in [5.41, 5.74) is 0.920. The van der Waals surface area contributed by atoms with Gasteiger partial charge in [0.15, 0.2) is 0 Å². The highest BCUT2D eigenvalue weighted by molar-refractivity contribution is 5.56. The summed E-state index contributed by atoms with van der Waals surface area (Å²) in [4.78, 5) is 4.37. The molecule has 1 aromatic carbocycles. The van der Waals surface area contributed by atoms with Crippen molar-refractivity contribution in [3.63, 3.8) is 0 Å². The molecular formula is C14H17N3O2. The molecule has 0 bridgehead atoms. The molecule has 5 nitrogen and oxygen atoms in total. The van der Waals surface area contributed by atoms with Crippen LogP contribution in [0, 0.1) is 0 Å². The summed E-state index contributed by atoms with van der Waals surface area (Å²) in [7, 11) is 1.65. The zero-order valence-electron chi connectivity index (χ0n) is 10.9. The quantitative estimate of drug-likeness (QED) is 0.914. The van der Waals surface area contributed by atoms with E-state index in [2.05, 4.69) is 15.5 Å². The molecule has 0 aliphatic heterocycles. The monoisotopic (exact) mass is 259 g/mol. The van der Waals surface area contributed by atoms with Gasteiger partial charge in [-0.25, -0.2) is 0 Å². The van der Waals surface area contributed by atoms with Gasteiger partial charge in [-0.2, -0.15) is 4.98 Å². The third kappa shape index (κ3) is 2.70. The normalized spacial score (nSPS) is 15.6. The number of anilines is 1. The lowest BCUT2D eigenvalue weighted by atomic mass is 10.2. The van der Waals surface area contributed by atoms with Crippen LogP contribution in [0.3, 0.4) is 0 Å². The number of hydrogen-bond donors (Lipinski definition) is 1. The first-order valence-corrected chi connectivity index (χ1v) is 6.60. The molecule has 0 amide bonds. The number of hydrogen-bond acceptors (Lipinski definition) is 5. The highest BCUT2D eigenvalue weighted by atomic mass is 16.5. The average molecular weight is 259 g/mol. The fourth-order valence-electron chi connectivity index (χ4n) is 2.38. The molecule has 1 aliphatic rings. The van der Waals surface area contributed by atoms with Crippen molar-refractivity contribution >= 4 is 6.01 Å². The molecule has 5 heteroatoms. The fourth-order valence-corrected chi connectivity index (χ4v) is 2.38. The maximum Gasteiger partial charge on any atom is 0.322 e. The van der Waals surface area contributed by atoms with Gasteiger partial charge < -0.3 is 14.6 Å². The van der Waals surface area contributed by atoms with E-state index in [4.69, 9.17) is 9.26 Å². The molecule has 1 N–H and O–H groups in total. The van der Waals surface area contributed by atoms with E-state index in [9.17, 15) is 0 Å². The Balaban J connectivity index is 1.72. The molecule has 1 saturated carbocycles. The van der Waals surface area contributed by atoms with E-state index < -0.39 is 0 Å². The summed E-state index contributed by atoms with van der Waals surface area (Å²) in [6, 6.07) is 8.60. The molecular weight excluding hydrogens is 242 g/mol. The van der Waals surface area contributed by atoms with Gasteiger partial charge in [-0.05, 0) is 37.1 Å². The summed E-state index contributed by atoms with van der Waals surface area (Å²) < 4.78 is 10.4. The maximum atomic E-state index is 5.23. The van der Waals surface area contributed by atoms with Gasteiger partial charge in [0, 0.05) is 11.6 Å². The summed E-state index contributed by atoms with van der Waals surface area (Å²) in [5.74, 6) is 1.42. The van der Waals surface area contributed by atoms with Gasteiger partial charge in [0.1, 0.15) is 5.75 Å². The van der Waals surface area contributed by atoms with E-state index in [1.807, 2.05) is 24.3 Å². The summed E-state index contributed by atoms with van der Waals surface area (Å²) in [6.45, 7) is 0. The first-order chi connectivity index (χ1) is 9.35. The highest BCUT2D eigenvalue weighted by Gasteiger charge is 2.17. The molecule has 0 saturated heterocycles. The van der Waals surface area contributed by atoms with Crippen LogP contribution in [0.5, 0.6) is 5.75 Å². The molecule has 0 spiro atoms. The van der Waals surface area contributed by atoms with Gasteiger partial charge in [-0.15, -0.1) is 0 Å². The molecule has 1 fully saturated rings. The van der Waals surface area contributed by atoms with Crippen molar-refractivity contribution in [1.82, 2.24) is 10.1 Å². The van der Waals surface area contributed by atoms with Crippen molar-refractivity contribution in [2.75, 3.05) is 12.4 Å². The molecule has 2 aromatic rings. The van der Waals surface area contributed by atoms with E-state index in [1.165, 1.54) is 25.7 Å². The van der Waals surface area contributed by atoms with E-state index in [0.717, 1.165) is 11.3 Å². The summed E-state index contributed by atoms with van der Waals surface area (Å²) in [6.07, 6.45) is 4.91. The first kappa shape index (κ1) is 12.0. The van der Waals surface area contributed by atoms with E-state index >= 15 is 0 Å².